The van der Waals surface area contributed by atoms with E-state index in [1.807, 2.05) is 18.2 Å². The van der Waals surface area contributed by atoms with Crippen LogP contribution < -0.4 is 4.74 Å². The van der Waals surface area contributed by atoms with Crippen molar-refractivity contribution in [3.05, 3.63) is 71.4 Å². The zero-order chi connectivity index (χ0) is 18.5. The number of nitrogens with zero attached hydrogens (tertiary/aromatic N) is 2. The van der Waals surface area contributed by atoms with Gasteiger partial charge in [0.05, 0.1) is 18.6 Å². The summed E-state index contributed by atoms with van der Waals surface area (Å²) >= 11 is 5.67. The lowest BCUT2D eigenvalue weighted by atomic mass is 10.0. The Morgan fingerprint density at radius 3 is 2.58 bits per heavy atom. The molecule has 0 aliphatic rings. The molecule has 132 valence electrons. The summed E-state index contributed by atoms with van der Waals surface area (Å²) in [5.41, 5.74) is 2.47. The summed E-state index contributed by atoms with van der Waals surface area (Å²) in [6.07, 6.45) is 4.77. The van der Waals surface area contributed by atoms with Gasteiger partial charge in [0.25, 0.3) is 5.88 Å². The van der Waals surface area contributed by atoms with E-state index >= 15 is 0 Å². The highest BCUT2D eigenvalue weighted by Gasteiger charge is 2.09. The first-order valence-corrected chi connectivity index (χ1v) is 8.03. The highest BCUT2D eigenvalue weighted by molar-refractivity contribution is 6.30. The van der Waals surface area contributed by atoms with Crippen LogP contribution in [0.25, 0.3) is 11.1 Å². The molecule has 0 aliphatic carbocycles. The SMILES string of the molecule is COC(=O)Cc1cncc(-c2ccc(Oc3ncc(Cl)cc3F)cc2)c1. The normalized spacial score (nSPS) is 10.4. The Balaban J connectivity index is 1.77. The van der Waals surface area contributed by atoms with Gasteiger partial charge in [0.1, 0.15) is 5.75 Å². The molecule has 0 saturated heterocycles. The van der Waals surface area contributed by atoms with Crippen LogP contribution in [0, 0.1) is 5.82 Å². The summed E-state index contributed by atoms with van der Waals surface area (Å²) in [6.45, 7) is 0. The molecule has 3 aromatic rings. The van der Waals surface area contributed by atoms with Crippen molar-refractivity contribution in [3.63, 3.8) is 0 Å². The fourth-order valence-corrected chi connectivity index (χ4v) is 2.43. The minimum atomic E-state index is -0.638. The minimum absolute atomic E-state index is 0.149. The van der Waals surface area contributed by atoms with Crippen molar-refractivity contribution in [2.24, 2.45) is 0 Å². The van der Waals surface area contributed by atoms with Gasteiger partial charge >= 0.3 is 5.97 Å². The lowest BCUT2D eigenvalue weighted by Gasteiger charge is -2.08. The lowest BCUT2D eigenvalue weighted by Crippen LogP contribution is -2.04. The number of rotatable bonds is 5. The van der Waals surface area contributed by atoms with Crippen molar-refractivity contribution in [2.45, 2.75) is 6.42 Å². The number of ether oxygens (including phenoxy) is 2. The van der Waals surface area contributed by atoms with Crippen LogP contribution in [0.1, 0.15) is 5.56 Å². The number of aromatic nitrogens is 2. The smallest absolute Gasteiger partial charge is 0.310 e. The molecule has 0 N–H and O–H groups in total. The fraction of sp³-hybridized carbons (Fsp3) is 0.105. The number of pyridine rings is 2. The second-order valence-corrected chi connectivity index (χ2v) is 5.84. The molecular formula is C19H14ClFN2O3. The first-order chi connectivity index (χ1) is 12.5. The number of hydrogen-bond donors (Lipinski definition) is 0. The second-order valence-electron chi connectivity index (χ2n) is 5.40. The molecule has 3 rings (SSSR count). The van der Waals surface area contributed by atoms with Gasteiger partial charge in [0.15, 0.2) is 5.82 Å². The van der Waals surface area contributed by atoms with Crippen LogP contribution >= 0.6 is 11.6 Å². The van der Waals surface area contributed by atoms with E-state index in [2.05, 4.69) is 14.7 Å². The standard InChI is InChI=1S/C19H14ClFN2O3/c1-25-18(24)7-12-6-14(10-22-9-12)13-2-4-16(5-3-13)26-19-17(21)8-15(20)11-23-19/h2-6,8-11H,7H2,1H3. The molecule has 7 heteroatoms. The van der Waals surface area contributed by atoms with Gasteiger partial charge in [-0.3, -0.25) is 9.78 Å². The van der Waals surface area contributed by atoms with E-state index in [0.29, 0.717) is 5.75 Å². The van der Waals surface area contributed by atoms with Crippen molar-refractivity contribution in [1.82, 2.24) is 9.97 Å². The van der Waals surface area contributed by atoms with E-state index in [1.165, 1.54) is 13.3 Å². The number of methoxy groups -OCH3 is 1. The number of halogens is 2. The zero-order valence-electron chi connectivity index (χ0n) is 13.8. The molecule has 0 saturated carbocycles. The quantitative estimate of drug-likeness (QED) is 0.619. The van der Waals surface area contributed by atoms with E-state index in [0.717, 1.165) is 22.8 Å². The molecular weight excluding hydrogens is 359 g/mol. The van der Waals surface area contributed by atoms with E-state index in [4.69, 9.17) is 16.3 Å². The van der Waals surface area contributed by atoms with Gasteiger partial charge in [-0.05, 0) is 35.4 Å². The topological polar surface area (TPSA) is 61.3 Å². The van der Waals surface area contributed by atoms with Gasteiger partial charge in [-0.25, -0.2) is 9.37 Å². The van der Waals surface area contributed by atoms with Crippen molar-refractivity contribution in [2.75, 3.05) is 7.11 Å². The third-order valence-corrected chi connectivity index (χ3v) is 3.75. The molecule has 0 amide bonds. The van der Waals surface area contributed by atoms with Crippen LogP contribution in [-0.2, 0) is 16.0 Å². The van der Waals surface area contributed by atoms with Crippen molar-refractivity contribution >= 4 is 17.6 Å². The Kier molecular flexibility index (Phi) is 5.43. The summed E-state index contributed by atoms with van der Waals surface area (Å²) in [5.74, 6) is -0.684. The largest absolute Gasteiger partial charge is 0.469 e. The average Bonchev–Trinajstić information content (AvgIpc) is 2.65. The molecule has 1 aromatic carbocycles. The summed E-state index contributed by atoms with van der Waals surface area (Å²) in [4.78, 5) is 19.3. The fourth-order valence-electron chi connectivity index (χ4n) is 2.29. The lowest BCUT2D eigenvalue weighted by molar-refractivity contribution is -0.139. The van der Waals surface area contributed by atoms with Crippen LogP contribution in [-0.4, -0.2) is 23.0 Å². The molecule has 0 radical (unpaired) electrons. The van der Waals surface area contributed by atoms with Gasteiger partial charge in [-0.2, -0.15) is 0 Å². The van der Waals surface area contributed by atoms with Crippen LogP contribution in [0.5, 0.6) is 11.6 Å². The van der Waals surface area contributed by atoms with Crippen LogP contribution in [0.3, 0.4) is 0 Å². The van der Waals surface area contributed by atoms with Gasteiger partial charge in [-0.15, -0.1) is 0 Å². The summed E-state index contributed by atoms with van der Waals surface area (Å²) < 4.78 is 23.8. The monoisotopic (exact) mass is 372 g/mol. The molecule has 2 aromatic heterocycles. The molecule has 0 bridgehead atoms. The van der Waals surface area contributed by atoms with Crippen molar-refractivity contribution in [3.8, 4) is 22.8 Å². The molecule has 0 aliphatic heterocycles. The van der Waals surface area contributed by atoms with E-state index in [9.17, 15) is 9.18 Å². The summed E-state index contributed by atoms with van der Waals surface area (Å²) in [6, 6.07) is 10.00. The molecule has 0 atom stereocenters. The molecule has 2 heterocycles. The first-order valence-electron chi connectivity index (χ1n) is 7.65. The van der Waals surface area contributed by atoms with Crippen molar-refractivity contribution < 1.29 is 18.7 Å². The Labute approximate surface area is 154 Å². The average molecular weight is 373 g/mol. The molecule has 26 heavy (non-hydrogen) atoms. The van der Waals surface area contributed by atoms with Crippen LogP contribution in [0.15, 0.2) is 55.0 Å². The first kappa shape index (κ1) is 17.8. The van der Waals surface area contributed by atoms with Gasteiger partial charge in [0.2, 0.25) is 0 Å². The maximum atomic E-state index is 13.7. The maximum absolute atomic E-state index is 13.7. The summed E-state index contributed by atoms with van der Waals surface area (Å²) in [7, 11) is 1.34. The number of carbonyl (C=O) groups is 1. The van der Waals surface area contributed by atoms with E-state index < -0.39 is 5.82 Å². The molecule has 0 unspecified atom stereocenters. The minimum Gasteiger partial charge on any atom is -0.469 e. The number of esters is 1. The van der Waals surface area contributed by atoms with Crippen LogP contribution in [0.4, 0.5) is 4.39 Å². The Hall–Kier alpha value is -2.99. The van der Waals surface area contributed by atoms with Crippen molar-refractivity contribution in [1.29, 1.82) is 0 Å². The second kappa shape index (κ2) is 7.93. The van der Waals surface area contributed by atoms with Gasteiger partial charge in [-0.1, -0.05) is 23.7 Å². The number of benzene rings is 1. The predicted molar refractivity (Wildman–Crippen MR) is 94.7 cm³/mol. The maximum Gasteiger partial charge on any atom is 0.310 e. The highest BCUT2D eigenvalue weighted by atomic mass is 35.5. The Bertz CT molecular complexity index is 932. The predicted octanol–water partition coefficient (Wildman–Crippen LogP) is 4.44. The molecule has 5 nitrogen and oxygen atoms in total. The Morgan fingerprint density at radius 1 is 1.12 bits per heavy atom. The number of carbonyl (C=O) groups excluding carboxylic acids is 1. The van der Waals surface area contributed by atoms with Crippen LogP contribution in [0.2, 0.25) is 5.02 Å². The zero-order valence-corrected chi connectivity index (χ0v) is 14.5. The number of hydrogen-bond acceptors (Lipinski definition) is 5. The third-order valence-electron chi connectivity index (χ3n) is 3.55. The Morgan fingerprint density at radius 2 is 1.88 bits per heavy atom. The molecule has 0 spiro atoms. The van der Waals surface area contributed by atoms with E-state index in [1.54, 1.807) is 24.5 Å². The summed E-state index contributed by atoms with van der Waals surface area (Å²) in [5, 5.41) is 0.199. The van der Waals surface area contributed by atoms with E-state index in [-0.39, 0.29) is 23.3 Å². The third kappa shape index (κ3) is 4.34. The van der Waals surface area contributed by atoms with Gasteiger partial charge < -0.3 is 9.47 Å². The van der Waals surface area contributed by atoms with Gasteiger partial charge in [0, 0.05) is 24.2 Å². The molecule has 0 fully saturated rings. The highest BCUT2D eigenvalue weighted by Crippen LogP contribution is 2.27.